The summed E-state index contributed by atoms with van der Waals surface area (Å²) in [6.45, 7) is 0.467. The van der Waals surface area contributed by atoms with E-state index in [1.807, 2.05) is 28.8 Å². The molecule has 0 aliphatic heterocycles. The summed E-state index contributed by atoms with van der Waals surface area (Å²) in [5.41, 5.74) is 6.90. The Morgan fingerprint density at radius 2 is 1.79 bits per heavy atom. The third-order valence-electron chi connectivity index (χ3n) is 3.54. The predicted molar refractivity (Wildman–Crippen MR) is 91.4 cm³/mol. The van der Waals surface area contributed by atoms with Crippen LogP contribution in [0.25, 0.3) is 11.0 Å². The molecule has 0 radical (unpaired) electrons. The summed E-state index contributed by atoms with van der Waals surface area (Å²) < 4.78 is 1.89. The second kappa shape index (κ2) is 7.14. The van der Waals surface area contributed by atoms with Gasteiger partial charge in [-0.2, -0.15) is 0 Å². The predicted octanol–water partition coefficient (Wildman–Crippen LogP) is 2.54. The van der Waals surface area contributed by atoms with Crippen LogP contribution in [0.1, 0.15) is 16.8 Å². The molecule has 0 spiro atoms. The third-order valence-corrected chi connectivity index (χ3v) is 3.87. The number of nitrogens with one attached hydrogen (secondary N) is 2. The monoisotopic (exact) mass is 342 g/mol. The van der Waals surface area contributed by atoms with E-state index in [0.29, 0.717) is 17.1 Å². The fourth-order valence-electron chi connectivity index (χ4n) is 2.31. The highest BCUT2D eigenvalue weighted by Gasteiger charge is 2.11. The zero-order valence-corrected chi connectivity index (χ0v) is 13.5. The largest absolute Gasteiger partial charge is 0.330 e. The Labute approximate surface area is 143 Å². The lowest BCUT2D eigenvalue weighted by atomic mass is 10.2. The van der Waals surface area contributed by atoms with Crippen LogP contribution in [0.2, 0.25) is 5.02 Å². The summed E-state index contributed by atoms with van der Waals surface area (Å²) in [4.78, 5) is 28.1. The van der Waals surface area contributed by atoms with Crippen LogP contribution < -0.4 is 10.9 Å². The van der Waals surface area contributed by atoms with Gasteiger partial charge in [0.1, 0.15) is 0 Å². The molecule has 24 heavy (non-hydrogen) atoms. The number of nitrogens with zero attached hydrogens (tertiary/aromatic N) is 2. The molecule has 3 rings (SSSR count). The zero-order valence-electron chi connectivity index (χ0n) is 12.7. The number of aromatic nitrogens is 2. The fourth-order valence-corrected chi connectivity index (χ4v) is 2.53. The molecule has 0 bridgehead atoms. The minimum Gasteiger partial charge on any atom is -0.330 e. The third kappa shape index (κ3) is 3.55. The molecular formula is C17H15ClN4O2. The molecule has 0 fully saturated rings. The number of para-hydroxylation sites is 2. The number of carbonyl (C=O) groups excluding carboxylic acids is 2. The molecule has 0 unspecified atom stereocenters. The normalized spacial score (nSPS) is 10.5. The highest BCUT2D eigenvalue weighted by Crippen LogP contribution is 2.14. The lowest BCUT2D eigenvalue weighted by Crippen LogP contribution is -2.42. The van der Waals surface area contributed by atoms with Crippen molar-refractivity contribution in [2.24, 2.45) is 0 Å². The topological polar surface area (TPSA) is 76.0 Å². The Hall–Kier alpha value is -2.86. The van der Waals surface area contributed by atoms with E-state index in [2.05, 4.69) is 15.8 Å². The van der Waals surface area contributed by atoms with E-state index in [1.54, 1.807) is 30.6 Å². The van der Waals surface area contributed by atoms with Crippen molar-refractivity contribution < 1.29 is 9.59 Å². The van der Waals surface area contributed by atoms with Gasteiger partial charge in [0.25, 0.3) is 5.91 Å². The Bertz CT molecular complexity index is 891. The molecule has 6 nitrogen and oxygen atoms in total. The number of fused-ring (bicyclic) bond motifs is 1. The van der Waals surface area contributed by atoms with Crippen LogP contribution in [0.4, 0.5) is 0 Å². The first-order valence-corrected chi connectivity index (χ1v) is 7.76. The van der Waals surface area contributed by atoms with Crippen LogP contribution in [0.15, 0.2) is 54.9 Å². The van der Waals surface area contributed by atoms with Gasteiger partial charge in [-0.25, -0.2) is 4.98 Å². The van der Waals surface area contributed by atoms with Gasteiger partial charge in [-0.15, -0.1) is 0 Å². The second-order valence-electron chi connectivity index (χ2n) is 5.16. The van der Waals surface area contributed by atoms with Gasteiger partial charge in [-0.3, -0.25) is 20.4 Å². The van der Waals surface area contributed by atoms with Crippen molar-refractivity contribution in [3.8, 4) is 0 Å². The van der Waals surface area contributed by atoms with E-state index in [0.717, 1.165) is 11.0 Å². The molecule has 122 valence electrons. The maximum absolute atomic E-state index is 12.0. The summed E-state index contributed by atoms with van der Waals surface area (Å²) in [6, 6.07) is 14.3. The van der Waals surface area contributed by atoms with Gasteiger partial charge >= 0.3 is 0 Å². The lowest BCUT2D eigenvalue weighted by molar-refractivity contribution is -0.122. The number of carbonyl (C=O) groups is 2. The SMILES string of the molecule is O=C(CCn1cnc2ccccc21)NNC(=O)c1ccccc1Cl. The number of hydrogen-bond acceptors (Lipinski definition) is 3. The van der Waals surface area contributed by atoms with E-state index >= 15 is 0 Å². The van der Waals surface area contributed by atoms with E-state index in [1.165, 1.54) is 0 Å². The molecule has 2 amide bonds. The van der Waals surface area contributed by atoms with Crippen LogP contribution in [0.5, 0.6) is 0 Å². The van der Waals surface area contributed by atoms with Gasteiger partial charge < -0.3 is 4.57 Å². The molecule has 0 aliphatic carbocycles. The standard InChI is InChI=1S/C17H15ClN4O2/c18-13-6-2-1-5-12(13)17(24)21-20-16(23)9-10-22-11-19-14-7-3-4-8-15(14)22/h1-8,11H,9-10H2,(H,20,23)(H,21,24). The number of rotatable bonds is 4. The van der Waals surface area contributed by atoms with Crippen molar-refractivity contribution in [3.05, 3.63) is 65.4 Å². The molecule has 1 aromatic heterocycles. The number of hydrazine groups is 1. The van der Waals surface area contributed by atoms with E-state index < -0.39 is 5.91 Å². The minimum atomic E-state index is -0.456. The molecule has 3 aromatic rings. The van der Waals surface area contributed by atoms with Gasteiger partial charge in [-0.05, 0) is 24.3 Å². The number of benzene rings is 2. The first-order valence-electron chi connectivity index (χ1n) is 7.39. The minimum absolute atomic E-state index is 0.211. The van der Waals surface area contributed by atoms with Gasteiger partial charge in [0.2, 0.25) is 5.91 Å². The Kier molecular flexibility index (Phi) is 4.77. The summed E-state index contributed by atoms with van der Waals surface area (Å²) in [6.07, 6.45) is 1.91. The quantitative estimate of drug-likeness (QED) is 0.715. The second-order valence-corrected chi connectivity index (χ2v) is 5.57. The first-order chi connectivity index (χ1) is 11.6. The van der Waals surface area contributed by atoms with E-state index in [4.69, 9.17) is 11.6 Å². The summed E-state index contributed by atoms with van der Waals surface area (Å²) in [5, 5.41) is 0.328. The molecular weight excluding hydrogens is 328 g/mol. The van der Waals surface area contributed by atoms with Crippen LogP contribution in [0.3, 0.4) is 0 Å². The maximum Gasteiger partial charge on any atom is 0.271 e. The van der Waals surface area contributed by atoms with Crippen molar-refractivity contribution >= 4 is 34.4 Å². The molecule has 0 saturated heterocycles. The lowest BCUT2D eigenvalue weighted by Gasteiger charge is -2.09. The summed E-state index contributed by atoms with van der Waals surface area (Å²) >= 11 is 5.93. The number of halogens is 1. The zero-order chi connectivity index (χ0) is 16.9. The van der Waals surface area contributed by atoms with Crippen LogP contribution in [0, 0.1) is 0 Å². The first kappa shape index (κ1) is 16.0. The number of aryl methyl sites for hydroxylation is 1. The van der Waals surface area contributed by atoms with Crippen LogP contribution in [-0.4, -0.2) is 21.4 Å². The van der Waals surface area contributed by atoms with Crippen LogP contribution in [-0.2, 0) is 11.3 Å². The smallest absolute Gasteiger partial charge is 0.271 e. The molecule has 0 aliphatic rings. The molecule has 7 heteroatoms. The maximum atomic E-state index is 12.0. The van der Waals surface area contributed by atoms with Crippen molar-refractivity contribution in [2.75, 3.05) is 0 Å². The Balaban J connectivity index is 1.53. The number of imidazole rings is 1. The highest BCUT2D eigenvalue weighted by atomic mass is 35.5. The van der Waals surface area contributed by atoms with Gasteiger partial charge in [0.15, 0.2) is 0 Å². The Morgan fingerprint density at radius 1 is 1.04 bits per heavy atom. The molecule has 0 saturated carbocycles. The Morgan fingerprint density at radius 3 is 2.62 bits per heavy atom. The van der Waals surface area contributed by atoms with Crippen molar-refractivity contribution in [1.29, 1.82) is 0 Å². The van der Waals surface area contributed by atoms with Gasteiger partial charge in [0.05, 0.1) is 27.9 Å². The number of amides is 2. The van der Waals surface area contributed by atoms with Crippen LogP contribution >= 0.6 is 11.6 Å². The van der Waals surface area contributed by atoms with Crippen molar-refractivity contribution in [1.82, 2.24) is 20.4 Å². The average Bonchev–Trinajstić information content (AvgIpc) is 3.01. The fraction of sp³-hybridized carbons (Fsp3) is 0.118. The molecule has 0 atom stereocenters. The molecule has 2 N–H and O–H groups in total. The van der Waals surface area contributed by atoms with E-state index in [9.17, 15) is 9.59 Å². The van der Waals surface area contributed by atoms with Gasteiger partial charge in [0, 0.05) is 13.0 Å². The van der Waals surface area contributed by atoms with Gasteiger partial charge in [-0.1, -0.05) is 35.9 Å². The number of hydrogen-bond donors (Lipinski definition) is 2. The van der Waals surface area contributed by atoms with Crippen molar-refractivity contribution in [3.63, 3.8) is 0 Å². The van der Waals surface area contributed by atoms with E-state index in [-0.39, 0.29) is 12.3 Å². The summed E-state index contributed by atoms with van der Waals surface area (Å²) in [7, 11) is 0. The summed E-state index contributed by atoms with van der Waals surface area (Å²) in [5.74, 6) is -0.754. The average molecular weight is 343 g/mol. The molecule has 2 aromatic carbocycles. The highest BCUT2D eigenvalue weighted by molar-refractivity contribution is 6.33. The molecule has 1 heterocycles. The van der Waals surface area contributed by atoms with Crippen molar-refractivity contribution in [2.45, 2.75) is 13.0 Å².